The van der Waals surface area contributed by atoms with Crippen LogP contribution in [0.2, 0.25) is 0 Å². The number of rotatable bonds is 7. The second-order valence-electron chi connectivity index (χ2n) is 6.56. The van der Waals surface area contributed by atoms with Crippen LogP contribution in [0.4, 0.5) is 0 Å². The molecule has 1 saturated heterocycles. The Morgan fingerprint density at radius 1 is 1.19 bits per heavy atom. The molecule has 140 valence electrons. The lowest BCUT2D eigenvalue weighted by Crippen LogP contribution is -2.27. The van der Waals surface area contributed by atoms with Gasteiger partial charge in [0.15, 0.2) is 0 Å². The van der Waals surface area contributed by atoms with Gasteiger partial charge in [-0.25, -0.2) is 8.42 Å². The molecule has 1 amide bonds. The Morgan fingerprint density at radius 3 is 2.50 bits per heavy atom. The molecule has 2 aromatic rings. The van der Waals surface area contributed by atoms with Crippen molar-refractivity contribution in [2.45, 2.75) is 43.5 Å². The maximum Gasteiger partial charge on any atom is 0.243 e. The molecule has 1 atom stereocenters. The molecule has 1 aromatic heterocycles. The molecular weight excluding hydrogens is 368 g/mol. The Labute approximate surface area is 159 Å². The van der Waals surface area contributed by atoms with Gasteiger partial charge in [-0.15, -0.1) is 11.3 Å². The molecule has 2 heterocycles. The maximum absolute atomic E-state index is 12.5. The second kappa shape index (κ2) is 8.33. The third-order valence-electron chi connectivity index (χ3n) is 4.61. The van der Waals surface area contributed by atoms with Gasteiger partial charge in [-0.1, -0.05) is 18.2 Å². The molecule has 1 N–H and O–H groups in total. The van der Waals surface area contributed by atoms with Crippen LogP contribution in [0, 0.1) is 0 Å². The Hall–Kier alpha value is -1.70. The SMILES string of the molecule is CC(NC(=O)CCc1ccc(S(=O)(=O)N2CCCC2)cc1)c1cccs1. The van der Waals surface area contributed by atoms with E-state index in [1.54, 1.807) is 39.9 Å². The predicted molar refractivity (Wildman–Crippen MR) is 104 cm³/mol. The Kier molecular flexibility index (Phi) is 6.11. The maximum atomic E-state index is 12.5. The largest absolute Gasteiger partial charge is 0.349 e. The topological polar surface area (TPSA) is 66.5 Å². The molecule has 1 aliphatic heterocycles. The average molecular weight is 393 g/mol. The highest BCUT2D eigenvalue weighted by molar-refractivity contribution is 7.89. The van der Waals surface area contributed by atoms with Crippen molar-refractivity contribution in [3.8, 4) is 0 Å². The molecule has 1 aliphatic rings. The van der Waals surface area contributed by atoms with Gasteiger partial charge >= 0.3 is 0 Å². The number of nitrogens with one attached hydrogen (secondary N) is 1. The third-order valence-corrected chi connectivity index (χ3v) is 7.58. The summed E-state index contributed by atoms with van der Waals surface area (Å²) in [5.41, 5.74) is 0.962. The lowest BCUT2D eigenvalue weighted by molar-refractivity contribution is -0.121. The minimum Gasteiger partial charge on any atom is -0.349 e. The van der Waals surface area contributed by atoms with Gasteiger partial charge in [-0.3, -0.25) is 4.79 Å². The Bertz CT molecular complexity index is 824. The van der Waals surface area contributed by atoms with Crippen molar-refractivity contribution in [1.29, 1.82) is 0 Å². The molecular formula is C19H24N2O3S2. The van der Waals surface area contributed by atoms with Crippen LogP contribution in [-0.4, -0.2) is 31.7 Å². The van der Waals surface area contributed by atoms with Gasteiger partial charge in [-0.2, -0.15) is 4.31 Å². The molecule has 0 saturated carbocycles. The van der Waals surface area contributed by atoms with Crippen LogP contribution in [-0.2, 0) is 21.2 Å². The van der Waals surface area contributed by atoms with Crippen molar-refractivity contribution in [3.05, 3.63) is 52.2 Å². The van der Waals surface area contributed by atoms with E-state index in [1.807, 2.05) is 24.4 Å². The molecule has 3 rings (SSSR count). The van der Waals surface area contributed by atoms with Crippen molar-refractivity contribution in [2.24, 2.45) is 0 Å². The fourth-order valence-electron chi connectivity index (χ4n) is 3.09. The summed E-state index contributed by atoms with van der Waals surface area (Å²) in [5, 5.41) is 4.99. The molecule has 1 unspecified atom stereocenters. The van der Waals surface area contributed by atoms with Crippen LogP contribution < -0.4 is 5.32 Å². The van der Waals surface area contributed by atoms with Crippen LogP contribution >= 0.6 is 11.3 Å². The molecule has 26 heavy (non-hydrogen) atoms. The summed E-state index contributed by atoms with van der Waals surface area (Å²) in [4.78, 5) is 13.6. The summed E-state index contributed by atoms with van der Waals surface area (Å²) < 4.78 is 26.6. The van der Waals surface area contributed by atoms with E-state index < -0.39 is 10.0 Å². The van der Waals surface area contributed by atoms with Crippen molar-refractivity contribution in [1.82, 2.24) is 9.62 Å². The number of aryl methyl sites for hydroxylation is 1. The molecule has 0 radical (unpaired) electrons. The number of benzene rings is 1. The minimum absolute atomic E-state index is 0.000310. The zero-order chi connectivity index (χ0) is 18.6. The third kappa shape index (κ3) is 4.52. The van der Waals surface area contributed by atoms with E-state index in [0.29, 0.717) is 30.8 Å². The predicted octanol–water partition coefficient (Wildman–Crippen LogP) is 3.34. The number of carbonyl (C=O) groups is 1. The number of thiophene rings is 1. The normalized spacial score (nSPS) is 16.5. The number of amides is 1. The van der Waals surface area contributed by atoms with E-state index in [1.165, 1.54) is 0 Å². The average Bonchev–Trinajstić information content (AvgIpc) is 3.33. The van der Waals surface area contributed by atoms with Crippen LogP contribution in [0.1, 0.15) is 42.7 Å². The van der Waals surface area contributed by atoms with Crippen molar-refractivity contribution in [2.75, 3.05) is 13.1 Å². The molecule has 0 spiro atoms. The lowest BCUT2D eigenvalue weighted by Gasteiger charge is -2.15. The summed E-state index contributed by atoms with van der Waals surface area (Å²) >= 11 is 1.63. The van der Waals surface area contributed by atoms with E-state index in [-0.39, 0.29) is 11.9 Å². The van der Waals surface area contributed by atoms with E-state index in [4.69, 9.17) is 0 Å². The first-order chi connectivity index (χ1) is 12.5. The van der Waals surface area contributed by atoms with Crippen LogP contribution in [0.3, 0.4) is 0 Å². The summed E-state index contributed by atoms with van der Waals surface area (Å²) in [6, 6.07) is 10.9. The van der Waals surface area contributed by atoms with Gasteiger partial charge in [0.1, 0.15) is 0 Å². The highest BCUT2D eigenvalue weighted by Gasteiger charge is 2.26. The zero-order valence-electron chi connectivity index (χ0n) is 14.8. The lowest BCUT2D eigenvalue weighted by atomic mass is 10.1. The number of hydrogen-bond donors (Lipinski definition) is 1. The highest BCUT2D eigenvalue weighted by atomic mass is 32.2. The number of nitrogens with zero attached hydrogens (tertiary/aromatic N) is 1. The molecule has 0 aliphatic carbocycles. The Morgan fingerprint density at radius 2 is 1.88 bits per heavy atom. The van der Waals surface area contributed by atoms with Gasteiger partial charge in [0, 0.05) is 24.4 Å². The summed E-state index contributed by atoms with van der Waals surface area (Å²) in [7, 11) is -3.37. The molecule has 7 heteroatoms. The summed E-state index contributed by atoms with van der Waals surface area (Å²) in [5.74, 6) is -0.000310. The number of hydrogen-bond acceptors (Lipinski definition) is 4. The number of sulfonamides is 1. The van der Waals surface area contributed by atoms with Gasteiger partial charge in [-0.05, 0) is 55.3 Å². The minimum atomic E-state index is -3.37. The summed E-state index contributed by atoms with van der Waals surface area (Å²) in [6.45, 7) is 3.18. The fourth-order valence-corrected chi connectivity index (χ4v) is 5.34. The Balaban J connectivity index is 1.53. The quantitative estimate of drug-likeness (QED) is 0.786. The molecule has 5 nitrogen and oxygen atoms in total. The van der Waals surface area contributed by atoms with Gasteiger partial charge in [0.05, 0.1) is 10.9 Å². The fraction of sp³-hybridized carbons (Fsp3) is 0.421. The van der Waals surface area contributed by atoms with Crippen molar-refractivity contribution >= 4 is 27.3 Å². The summed E-state index contributed by atoms with van der Waals surface area (Å²) in [6.07, 6.45) is 2.83. The second-order valence-corrected chi connectivity index (χ2v) is 9.48. The first-order valence-electron chi connectivity index (χ1n) is 8.88. The van der Waals surface area contributed by atoms with Crippen molar-refractivity contribution in [3.63, 3.8) is 0 Å². The van der Waals surface area contributed by atoms with Gasteiger partial charge in [0.2, 0.25) is 15.9 Å². The van der Waals surface area contributed by atoms with Crippen LogP contribution in [0.15, 0.2) is 46.7 Å². The van der Waals surface area contributed by atoms with Gasteiger partial charge in [0.25, 0.3) is 0 Å². The van der Waals surface area contributed by atoms with E-state index >= 15 is 0 Å². The van der Waals surface area contributed by atoms with E-state index in [2.05, 4.69) is 5.32 Å². The zero-order valence-corrected chi connectivity index (χ0v) is 16.5. The van der Waals surface area contributed by atoms with Gasteiger partial charge < -0.3 is 5.32 Å². The monoisotopic (exact) mass is 392 g/mol. The molecule has 0 bridgehead atoms. The molecule has 1 aromatic carbocycles. The molecule has 1 fully saturated rings. The van der Waals surface area contributed by atoms with Crippen LogP contribution in [0.5, 0.6) is 0 Å². The van der Waals surface area contributed by atoms with E-state index in [0.717, 1.165) is 23.3 Å². The van der Waals surface area contributed by atoms with E-state index in [9.17, 15) is 13.2 Å². The van der Waals surface area contributed by atoms with Crippen molar-refractivity contribution < 1.29 is 13.2 Å². The first-order valence-corrected chi connectivity index (χ1v) is 11.2. The standard InChI is InChI=1S/C19H24N2O3S2/c1-15(18-5-4-14-25-18)20-19(22)11-8-16-6-9-17(10-7-16)26(23,24)21-12-2-3-13-21/h4-7,9-10,14-15H,2-3,8,11-13H2,1H3,(H,20,22). The smallest absolute Gasteiger partial charge is 0.243 e. The van der Waals surface area contributed by atoms with Crippen LogP contribution in [0.25, 0.3) is 0 Å². The first kappa shape index (κ1) is 19.1. The number of carbonyl (C=O) groups excluding carboxylic acids is 1. The highest BCUT2D eigenvalue weighted by Crippen LogP contribution is 2.22.